The molecule has 1 aliphatic rings. The van der Waals surface area contributed by atoms with Crippen molar-refractivity contribution in [1.82, 2.24) is 5.32 Å². The van der Waals surface area contributed by atoms with E-state index in [1.54, 1.807) is 0 Å². The number of ether oxygens (including phenoxy) is 2. The lowest BCUT2D eigenvalue weighted by Crippen LogP contribution is -2.43. The zero-order valence-electron chi connectivity index (χ0n) is 11.7. The van der Waals surface area contributed by atoms with E-state index in [4.69, 9.17) is 9.47 Å². The summed E-state index contributed by atoms with van der Waals surface area (Å²) in [5, 5.41) is 2.90. The number of nitrogens with one attached hydrogen (secondary N) is 1. The number of rotatable bonds is 4. The zero-order valence-corrected chi connectivity index (χ0v) is 11.7. The van der Waals surface area contributed by atoms with E-state index in [0.29, 0.717) is 6.61 Å². The van der Waals surface area contributed by atoms with Crippen LogP contribution < -0.4 is 5.32 Å². The van der Waals surface area contributed by atoms with Gasteiger partial charge in [-0.05, 0) is 32.8 Å². The summed E-state index contributed by atoms with van der Waals surface area (Å²) in [6.07, 6.45) is 0.474. The van der Waals surface area contributed by atoms with Crippen LogP contribution in [0.1, 0.15) is 27.8 Å². The first-order valence-electron chi connectivity index (χ1n) is 6.59. The molecule has 1 fully saturated rings. The molecule has 1 aliphatic heterocycles. The van der Waals surface area contributed by atoms with E-state index in [1.807, 2.05) is 51.1 Å². The Bertz CT molecular complexity index is 426. The third-order valence-corrected chi connectivity index (χ3v) is 2.81. The number of amides is 1. The van der Waals surface area contributed by atoms with Crippen molar-refractivity contribution >= 4 is 6.09 Å². The van der Waals surface area contributed by atoms with Gasteiger partial charge in [-0.2, -0.15) is 0 Å². The van der Waals surface area contributed by atoms with Gasteiger partial charge in [-0.3, -0.25) is 0 Å². The maximum absolute atomic E-state index is 11.8. The molecule has 2 rings (SSSR count). The van der Waals surface area contributed by atoms with Crippen molar-refractivity contribution in [2.75, 3.05) is 6.61 Å². The first-order chi connectivity index (χ1) is 8.94. The molecule has 0 bridgehead atoms. The van der Waals surface area contributed by atoms with Crippen molar-refractivity contribution in [2.24, 2.45) is 0 Å². The standard InChI is InChI=1S/C15H21NO3.H2/c1-15(2,3)19-14(17)16-12(13-10-18-13)9-11-7-5-4-6-8-11;/h4-8,12-13H,9-10H2,1-3H3,(H,16,17);1H. The highest BCUT2D eigenvalue weighted by molar-refractivity contribution is 5.68. The number of hydrogen-bond acceptors (Lipinski definition) is 3. The first-order valence-corrected chi connectivity index (χ1v) is 6.59. The smallest absolute Gasteiger partial charge is 0.407 e. The van der Waals surface area contributed by atoms with Gasteiger partial charge >= 0.3 is 6.09 Å². The van der Waals surface area contributed by atoms with Crippen LogP contribution in [0.4, 0.5) is 4.79 Å². The lowest BCUT2D eigenvalue weighted by atomic mass is 10.0. The molecule has 1 aromatic carbocycles. The van der Waals surface area contributed by atoms with Gasteiger partial charge in [0.05, 0.1) is 12.6 Å². The van der Waals surface area contributed by atoms with Crippen LogP contribution in [-0.2, 0) is 15.9 Å². The van der Waals surface area contributed by atoms with E-state index in [9.17, 15) is 4.79 Å². The summed E-state index contributed by atoms with van der Waals surface area (Å²) in [6, 6.07) is 10.0. The van der Waals surface area contributed by atoms with Crippen LogP contribution in [0.25, 0.3) is 0 Å². The Morgan fingerprint density at radius 1 is 1.47 bits per heavy atom. The molecule has 1 amide bonds. The van der Waals surface area contributed by atoms with Gasteiger partial charge in [-0.1, -0.05) is 30.3 Å². The monoisotopic (exact) mass is 265 g/mol. The Kier molecular flexibility index (Phi) is 4.10. The van der Waals surface area contributed by atoms with E-state index >= 15 is 0 Å². The van der Waals surface area contributed by atoms with Crippen LogP contribution in [-0.4, -0.2) is 30.4 Å². The molecule has 19 heavy (non-hydrogen) atoms. The molecule has 4 heteroatoms. The van der Waals surface area contributed by atoms with Crippen LogP contribution >= 0.6 is 0 Å². The predicted octanol–water partition coefficient (Wildman–Crippen LogP) is 2.77. The second-order valence-electron chi connectivity index (χ2n) is 5.81. The van der Waals surface area contributed by atoms with Crippen LogP contribution in [0.15, 0.2) is 30.3 Å². The van der Waals surface area contributed by atoms with Crippen LogP contribution in [0, 0.1) is 0 Å². The number of carbonyl (C=O) groups excluding carboxylic acids is 1. The highest BCUT2D eigenvalue weighted by Crippen LogP contribution is 2.18. The molecule has 106 valence electrons. The summed E-state index contributed by atoms with van der Waals surface area (Å²) in [7, 11) is 0. The van der Waals surface area contributed by atoms with Crippen molar-refractivity contribution in [3.63, 3.8) is 0 Å². The van der Waals surface area contributed by atoms with Crippen molar-refractivity contribution < 1.29 is 15.7 Å². The van der Waals surface area contributed by atoms with E-state index in [-0.39, 0.29) is 19.7 Å². The average Bonchev–Trinajstić information content (AvgIpc) is 3.10. The second-order valence-corrected chi connectivity index (χ2v) is 5.81. The average molecular weight is 265 g/mol. The van der Waals surface area contributed by atoms with E-state index in [0.717, 1.165) is 6.42 Å². The summed E-state index contributed by atoms with van der Waals surface area (Å²) in [5.41, 5.74) is 0.699. The van der Waals surface area contributed by atoms with Crippen molar-refractivity contribution in [1.29, 1.82) is 0 Å². The minimum absolute atomic E-state index is 0. The molecule has 1 N–H and O–H groups in total. The van der Waals surface area contributed by atoms with Gasteiger partial charge in [0.1, 0.15) is 11.7 Å². The molecular weight excluding hydrogens is 242 g/mol. The minimum Gasteiger partial charge on any atom is -0.444 e. The summed E-state index contributed by atoms with van der Waals surface area (Å²) in [4.78, 5) is 11.8. The molecule has 0 aliphatic carbocycles. The predicted molar refractivity (Wildman–Crippen MR) is 75.2 cm³/mol. The van der Waals surface area contributed by atoms with Gasteiger partial charge in [0.25, 0.3) is 0 Å². The van der Waals surface area contributed by atoms with Crippen LogP contribution in [0.2, 0.25) is 0 Å². The summed E-state index contributed by atoms with van der Waals surface area (Å²) in [6.45, 7) is 6.26. The van der Waals surface area contributed by atoms with Crippen molar-refractivity contribution in [3.05, 3.63) is 35.9 Å². The van der Waals surface area contributed by atoms with Gasteiger partial charge in [-0.15, -0.1) is 0 Å². The molecule has 0 radical (unpaired) electrons. The molecule has 2 atom stereocenters. The van der Waals surface area contributed by atoms with Crippen LogP contribution in [0.5, 0.6) is 0 Å². The van der Waals surface area contributed by atoms with E-state index in [1.165, 1.54) is 5.56 Å². The SMILES string of the molecule is CC(C)(C)OC(=O)NC(Cc1ccccc1)C1CO1.[HH]. The molecule has 1 saturated heterocycles. The Hall–Kier alpha value is -1.55. The van der Waals surface area contributed by atoms with E-state index < -0.39 is 5.60 Å². The number of carbonyl (C=O) groups is 1. The number of alkyl carbamates (subject to hydrolysis) is 1. The quantitative estimate of drug-likeness (QED) is 0.852. The largest absolute Gasteiger partial charge is 0.444 e. The Labute approximate surface area is 115 Å². The third-order valence-electron chi connectivity index (χ3n) is 2.81. The van der Waals surface area contributed by atoms with Gasteiger partial charge in [-0.25, -0.2) is 4.79 Å². The van der Waals surface area contributed by atoms with Crippen LogP contribution in [0.3, 0.4) is 0 Å². The Morgan fingerprint density at radius 3 is 2.63 bits per heavy atom. The fraction of sp³-hybridized carbons (Fsp3) is 0.533. The number of benzene rings is 1. The first kappa shape index (κ1) is 13.9. The Balaban J connectivity index is 0.00000200. The van der Waals surface area contributed by atoms with Gasteiger partial charge in [0.15, 0.2) is 0 Å². The fourth-order valence-corrected chi connectivity index (χ4v) is 1.89. The minimum atomic E-state index is -0.480. The van der Waals surface area contributed by atoms with Gasteiger partial charge in [0.2, 0.25) is 0 Å². The molecule has 4 nitrogen and oxygen atoms in total. The molecule has 2 unspecified atom stereocenters. The lowest BCUT2D eigenvalue weighted by Gasteiger charge is -2.23. The maximum Gasteiger partial charge on any atom is 0.407 e. The summed E-state index contributed by atoms with van der Waals surface area (Å²) < 4.78 is 10.6. The second kappa shape index (κ2) is 5.61. The number of hydrogen-bond donors (Lipinski definition) is 1. The zero-order chi connectivity index (χ0) is 13.9. The lowest BCUT2D eigenvalue weighted by molar-refractivity contribution is 0.0495. The van der Waals surface area contributed by atoms with Crippen molar-refractivity contribution in [3.8, 4) is 0 Å². The highest BCUT2D eigenvalue weighted by Gasteiger charge is 2.34. The third kappa shape index (κ3) is 4.91. The van der Waals surface area contributed by atoms with Gasteiger partial charge < -0.3 is 14.8 Å². The Morgan fingerprint density at radius 2 is 2.11 bits per heavy atom. The molecule has 0 saturated carbocycles. The van der Waals surface area contributed by atoms with Gasteiger partial charge in [0, 0.05) is 1.43 Å². The fourth-order valence-electron chi connectivity index (χ4n) is 1.89. The molecule has 1 aromatic rings. The van der Waals surface area contributed by atoms with Crippen molar-refractivity contribution in [2.45, 2.75) is 44.9 Å². The maximum atomic E-state index is 11.8. The number of epoxide rings is 1. The topological polar surface area (TPSA) is 50.9 Å². The molecular formula is C15H23NO3. The molecule has 1 heterocycles. The normalized spacial score (nSPS) is 19.6. The highest BCUT2D eigenvalue weighted by atomic mass is 16.6. The summed E-state index contributed by atoms with van der Waals surface area (Å²) >= 11 is 0. The molecule has 0 spiro atoms. The summed E-state index contributed by atoms with van der Waals surface area (Å²) in [5.74, 6) is 0. The molecule has 0 aromatic heterocycles. The van der Waals surface area contributed by atoms with E-state index in [2.05, 4.69) is 5.32 Å².